The summed E-state index contributed by atoms with van der Waals surface area (Å²) < 4.78 is 5.07. The van der Waals surface area contributed by atoms with Crippen LogP contribution in [-0.4, -0.2) is 34.8 Å². The largest absolute Gasteiger partial charge is 0.491 e. The maximum atomic E-state index is 9.04. The normalized spacial score (nSPS) is 12.2. The molecule has 0 aromatic carbocycles. The molecule has 4 N–H and O–H groups in total. The number of methoxy groups -OCH3 is 1. The maximum absolute atomic E-state index is 9.04. The quantitative estimate of drug-likeness (QED) is 0.647. The number of nitrogens with zero attached hydrogens (tertiary/aromatic N) is 2. The molecule has 6 heteroatoms. The summed E-state index contributed by atoms with van der Waals surface area (Å²) >= 11 is 0. The molecule has 6 nitrogen and oxygen atoms in total. The van der Waals surface area contributed by atoms with Crippen molar-refractivity contribution in [2.75, 3.05) is 24.8 Å². The number of nitrogens with one attached hydrogen (secondary N) is 1. The lowest BCUT2D eigenvalue weighted by Gasteiger charge is -2.16. The summed E-state index contributed by atoms with van der Waals surface area (Å²) in [5.74, 6) is 1.19. The van der Waals surface area contributed by atoms with Crippen LogP contribution in [0.5, 0.6) is 5.75 Å². The number of rotatable bonds is 5. The Morgan fingerprint density at radius 3 is 2.93 bits per heavy atom. The zero-order chi connectivity index (χ0) is 11.3. The number of nitrogens with two attached hydrogens (primary N) is 1. The summed E-state index contributed by atoms with van der Waals surface area (Å²) in [6.07, 6.45) is 2.28. The lowest BCUT2D eigenvalue weighted by atomic mass is 10.2. The van der Waals surface area contributed by atoms with Crippen molar-refractivity contribution < 1.29 is 9.84 Å². The van der Waals surface area contributed by atoms with Crippen LogP contribution in [0.15, 0.2) is 6.20 Å². The van der Waals surface area contributed by atoms with E-state index in [0.717, 1.165) is 6.42 Å². The van der Waals surface area contributed by atoms with Gasteiger partial charge in [0.05, 0.1) is 26.0 Å². The van der Waals surface area contributed by atoms with Crippen LogP contribution in [0.2, 0.25) is 0 Å². The van der Waals surface area contributed by atoms with Crippen LogP contribution in [0.1, 0.15) is 13.3 Å². The molecule has 1 rings (SSSR count). The zero-order valence-corrected chi connectivity index (χ0v) is 8.90. The number of hydrogen-bond acceptors (Lipinski definition) is 6. The second-order valence-electron chi connectivity index (χ2n) is 3.08. The van der Waals surface area contributed by atoms with Crippen molar-refractivity contribution in [2.45, 2.75) is 19.4 Å². The molecule has 0 radical (unpaired) electrons. The third kappa shape index (κ3) is 2.95. The highest BCUT2D eigenvalue weighted by Gasteiger charge is 2.10. The molecule has 0 amide bonds. The van der Waals surface area contributed by atoms with E-state index in [1.165, 1.54) is 13.3 Å². The van der Waals surface area contributed by atoms with Crippen LogP contribution in [0, 0.1) is 0 Å². The smallest absolute Gasteiger partial charge is 0.222 e. The Morgan fingerprint density at radius 1 is 1.67 bits per heavy atom. The van der Waals surface area contributed by atoms with Crippen LogP contribution in [0.4, 0.5) is 11.8 Å². The van der Waals surface area contributed by atoms with E-state index in [1.807, 2.05) is 6.92 Å². The predicted octanol–water partition coefficient (Wildman–Crippen LogP) is 0.250. The van der Waals surface area contributed by atoms with Crippen LogP contribution >= 0.6 is 0 Å². The van der Waals surface area contributed by atoms with Gasteiger partial charge in [-0.05, 0) is 6.42 Å². The van der Waals surface area contributed by atoms with Gasteiger partial charge in [0.25, 0.3) is 0 Å². The first-order chi connectivity index (χ1) is 7.21. The fourth-order valence-electron chi connectivity index (χ4n) is 1.11. The Labute approximate surface area is 88.5 Å². The fourth-order valence-corrected chi connectivity index (χ4v) is 1.11. The Hall–Kier alpha value is -1.56. The Bertz CT molecular complexity index is 315. The number of aliphatic hydroxyl groups excluding tert-OH is 1. The van der Waals surface area contributed by atoms with E-state index < -0.39 is 0 Å². The summed E-state index contributed by atoms with van der Waals surface area (Å²) in [5.41, 5.74) is 5.46. The SMILES string of the molecule is CCC(CO)Nc1nc(N)ncc1OC. The molecule has 0 saturated carbocycles. The minimum Gasteiger partial charge on any atom is -0.491 e. The first-order valence-electron chi connectivity index (χ1n) is 4.75. The first-order valence-corrected chi connectivity index (χ1v) is 4.75. The summed E-state index contributed by atoms with van der Waals surface area (Å²) in [5, 5.41) is 12.1. The van der Waals surface area contributed by atoms with Gasteiger partial charge in [-0.1, -0.05) is 6.92 Å². The van der Waals surface area contributed by atoms with E-state index in [-0.39, 0.29) is 18.6 Å². The molecule has 0 fully saturated rings. The third-order valence-electron chi connectivity index (χ3n) is 2.05. The number of aromatic nitrogens is 2. The molecule has 0 spiro atoms. The number of aliphatic hydroxyl groups is 1. The molecule has 1 heterocycles. The highest BCUT2D eigenvalue weighted by molar-refractivity contribution is 5.51. The van der Waals surface area contributed by atoms with Gasteiger partial charge < -0.3 is 20.9 Å². The van der Waals surface area contributed by atoms with Gasteiger partial charge in [0.2, 0.25) is 5.95 Å². The van der Waals surface area contributed by atoms with E-state index in [1.54, 1.807) is 0 Å². The first kappa shape index (κ1) is 11.5. The number of ether oxygens (including phenoxy) is 1. The molecule has 0 bridgehead atoms. The molecule has 0 aliphatic heterocycles. The van der Waals surface area contributed by atoms with Crippen molar-refractivity contribution >= 4 is 11.8 Å². The molecular formula is C9H16N4O2. The van der Waals surface area contributed by atoms with E-state index in [0.29, 0.717) is 11.6 Å². The topological polar surface area (TPSA) is 93.3 Å². The van der Waals surface area contributed by atoms with Gasteiger partial charge in [0.1, 0.15) is 0 Å². The fraction of sp³-hybridized carbons (Fsp3) is 0.556. The molecule has 1 aromatic rings. The van der Waals surface area contributed by atoms with Crippen LogP contribution in [-0.2, 0) is 0 Å². The molecule has 0 aliphatic carbocycles. The van der Waals surface area contributed by atoms with Crippen molar-refractivity contribution in [3.63, 3.8) is 0 Å². The minimum absolute atomic E-state index is 0.0313. The Morgan fingerprint density at radius 2 is 2.40 bits per heavy atom. The maximum Gasteiger partial charge on any atom is 0.222 e. The Kier molecular flexibility index (Phi) is 4.11. The summed E-state index contributed by atoms with van der Waals surface area (Å²) in [7, 11) is 1.53. The van der Waals surface area contributed by atoms with Gasteiger partial charge in [0.15, 0.2) is 11.6 Å². The predicted molar refractivity (Wildman–Crippen MR) is 57.8 cm³/mol. The molecule has 1 unspecified atom stereocenters. The molecule has 0 saturated heterocycles. The standard InChI is InChI=1S/C9H16N4O2/c1-3-6(5-14)12-8-7(15-2)4-11-9(10)13-8/h4,6,14H,3,5H2,1-2H3,(H3,10,11,12,13). The second kappa shape index (κ2) is 5.35. The molecule has 15 heavy (non-hydrogen) atoms. The van der Waals surface area contributed by atoms with Crippen molar-refractivity contribution in [1.82, 2.24) is 9.97 Å². The number of anilines is 2. The highest BCUT2D eigenvalue weighted by Crippen LogP contribution is 2.21. The summed E-state index contributed by atoms with van der Waals surface area (Å²) in [4.78, 5) is 7.81. The third-order valence-corrected chi connectivity index (χ3v) is 2.05. The van der Waals surface area contributed by atoms with Crippen LogP contribution in [0.3, 0.4) is 0 Å². The van der Waals surface area contributed by atoms with Gasteiger partial charge in [-0.15, -0.1) is 0 Å². The van der Waals surface area contributed by atoms with E-state index in [4.69, 9.17) is 15.6 Å². The van der Waals surface area contributed by atoms with Crippen LogP contribution < -0.4 is 15.8 Å². The average Bonchev–Trinajstić information content (AvgIpc) is 2.26. The monoisotopic (exact) mass is 212 g/mol. The molecule has 1 aromatic heterocycles. The van der Waals surface area contributed by atoms with Crippen molar-refractivity contribution in [2.24, 2.45) is 0 Å². The highest BCUT2D eigenvalue weighted by atomic mass is 16.5. The zero-order valence-electron chi connectivity index (χ0n) is 8.90. The van der Waals surface area contributed by atoms with E-state index in [9.17, 15) is 0 Å². The van der Waals surface area contributed by atoms with Gasteiger partial charge in [0, 0.05) is 0 Å². The molecular weight excluding hydrogens is 196 g/mol. The molecule has 0 aliphatic rings. The number of hydrogen-bond donors (Lipinski definition) is 3. The van der Waals surface area contributed by atoms with Crippen LogP contribution in [0.25, 0.3) is 0 Å². The van der Waals surface area contributed by atoms with E-state index in [2.05, 4.69) is 15.3 Å². The molecule has 84 valence electrons. The Balaban J connectivity index is 2.86. The molecule has 1 atom stereocenters. The van der Waals surface area contributed by atoms with Crippen molar-refractivity contribution in [1.29, 1.82) is 0 Å². The van der Waals surface area contributed by atoms with Crippen molar-refractivity contribution in [3.05, 3.63) is 6.20 Å². The van der Waals surface area contributed by atoms with Crippen molar-refractivity contribution in [3.8, 4) is 5.75 Å². The van der Waals surface area contributed by atoms with Gasteiger partial charge >= 0.3 is 0 Å². The van der Waals surface area contributed by atoms with Gasteiger partial charge in [-0.2, -0.15) is 4.98 Å². The van der Waals surface area contributed by atoms with Gasteiger partial charge in [-0.3, -0.25) is 0 Å². The second-order valence-corrected chi connectivity index (χ2v) is 3.08. The van der Waals surface area contributed by atoms with Gasteiger partial charge in [-0.25, -0.2) is 4.98 Å². The summed E-state index contributed by atoms with van der Waals surface area (Å²) in [6.45, 7) is 1.99. The van der Waals surface area contributed by atoms with E-state index >= 15 is 0 Å². The minimum atomic E-state index is -0.0619. The average molecular weight is 212 g/mol. The number of nitrogen functional groups attached to an aromatic ring is 1. The lowest BCUT2D eigenvalue weighted by molar-refractivity contribution is 0.271. The lowest BCUT2D eigenvalue weighted by Crippen LogP contribution is -2.23. The summed E-state index contributed by atoms with van der Waals surface area (Å²) in [6, 6.07) is -0.0619.